The normalized spacial score (nSPS) is 10.0. The molecule has 0 saturated heterocycles. The molecule has 4 heteroatoms. The molecule has 0 aliphatic rings. The van der Waals surface area contributed by atoms with Gasteiger partial charge in [-0.3, -0.25) is 4.79 Å². The second-order valence-corrected chi connectivity index (χ2v) is 4.48. The van der Waals surface area contributed by atoms with Gasteiger partial charge in [0.1, 0.15) is 17.1 Å². The van der Waals surface area contributed by atoms with Crippen molar-refractivity contribution in [1.82, 2.24) is 0 Å². The van der Waals surface area contributed by atoms with Crippen LogP contribution in [0.2, 0.25) is 0 Å². The van der Waals surface area contributed by atoms with Crippen molar-refractivity contribution in [1.29, 1.82) is 0 Å². The van der Waals surface area contributed by atoms with Gasteiger partial charge in [0.25, 0.3) is 0 Å². The smallest absolute Gasteiger partial charge is 0.347 e. The summed E-state index contributed by atoms with van der Waals surface area (Å²) < 4.78 is 10.3. The summed E-state index contributed by atoms with van der Waals surface area (Å²) in [5, 5.41) is 0. The van der Waals surface area contributed by atoms with E-state index in [0.29, 0.717) is 5.75 Å². The second kappa shape index (κ2) is 6.70. The molecule has 0 N–H and O–H groups in total. The maximum atomic E-state index is 12.2. The van der Waals surface area contributed by atoms with E-state index in [1.165, 1.54) is 6.92 Å². The van der Waals surface area contributed by atoms with Gasteiger partial charge in [0.05, 0.1) is 0 Å². The predicted octanol–water partition coefficient (Wildman–Crippen LogP) is 3.39. The number of aryl methyl sites for hydroxylation is 1. The summed E-state index contributed by atoms with van der Waals surface area (Å²) in [4.78, 5) is 23.2. The molecule has 0 spiro atoms. The Bertz CT molecular complexity index is 644. The van der Waals surface area contributed by atoms with Crippen LogP contribution in [-0.2, 0) is 11.2 Å². The fourth-order valence-corrected chi connectivity index (χ4v) is 1.83. The molecule has 21 heavy (non-hydrogen) atoms. The van der Waals surface area contributed by atoms with Crippen molar-refractivity contribution in [3.63, 3.8) is 0 Å². The zero-order valence-corrected chi connectivity index (χ0v) is 12.0. The fourth-order valence-electron chi connectivity index (χ4n) is 1.83. The van der Waals surface area contributed by atoms with E-state index in [2.05, 4.69) is 6.92 Å². The van der Waals surface area contributed by atoms with E-state index < -0.39 is 11.9 Å². The number of ether oxygens (including phenoxy) is 2. The van der Waals surface area contributed by atoms with Gasteiger partial charge in [-0.1, -0.05) is 31.2 Å². The SMILES string of the molecule is CCc1ccc(OC(=O)c2ccccc2OC(C)=O)cc1. The molecule has 0 aromatic heterocycles. The van der Waals surface area contributed by atoms with E-state index in [-0.39, 0.29) is 11.3 Å². The Balaban J connectivity index is 2.17. The Morgan fingerprint density at radius 2 is 1.62 bits per heavy atom. The molecule has 0 heterocycles. The zero-order chi connectivity index (χ0) is 15.2. The van der Waals surface area contributed by atoms with Gasteiger partial charge in [-0.05, 0) is 36.2 Å². The summed E-state index contributed by atoms with van der Waals surface area (Å²) in [5.74, 6) is -0.395. The first-order chi connectivity index (χ1) is 10.1. The van der Waals surface area contributed by atoms with Gasteiger partial charge >= 0.3 is 11.9 Å². The fraction of sp³-hybridized carbons (Fsp3) is 0.176. The molecule has 108 valence electrons. The van der Waals surface area contributed by atoms with Crippen molar-refractivity contribution < 1.29 is 19.1 Å². The molecule has 0 fully saturated rings. The molecule has 2 aromatic rings. The van der Waals surface area contributed by atoms with Crippen molar-refractivity contribution in [2.75, 3.05) is 0 Å². The highest BCUT2D eigenvalue weighted by atomic mass is 16.5. The van der Waals surface area contributed by atoms with Gasteiger partial charge in [-0.2, -0.15) is 0 Å². The average molecular weight is 284 g/mol. The highest BCUT2D eigenvalue weighted by molar-refractivity contribution is 5.94. The Kier molecular flexibility index (Phi) is 4.72. The van der Waals surface area contributed by atoms with Crippen LogP contribution in [0.4, 0.5) is 0 Å². The lowest BCUT2D eigenvalue weighted by Crippen LogP contribution is -2.12. The largest absolute Gasteiger partial charge is 0.426 e. The molecule has 0 saturated carbocycles. The van der Waals surface area contributed by atoms with Crippen molar-refractivity contribution in [3.05, 3.63) is 59.7 Å². The Hall–Kier alpha value is -2.62. The molecule has 0 bridgehead atoms. The van der Waals surface area contributed by atoms with Crippen molar-refractivity contribution in [2.45, 2.75) is 20.3 Å². The van der Waals surface area contributed by atoms with Crippen LogP contribution in [0.25, 0.3) is 0 Å². The zero-order valence-electron chi connectivity index (χ0n) is 12.0. The van der Waals surface area contributed by atoms with Crippen LogP contribution in [0.1, 0.15) is 29.8 Å². The van der Waals surface area contributed by atoms with Gasteiger partial charge in [0.2, 0.25) is 0 Å². The Morgan fingerprint density at radius 3 is 2.24 bits per heavy atom. The summed E-state index contributed by atoms with van der Waals surface area (Å²) in [6, 6.07) is 13.8. The van der Waals surface area contributed by atoms with Gasteiger partial charge in [-0.15, -0.1) is 0 Å². The first kappa shape index (κ1) is 14.8. The predicted molar refractivity (Wildman–Crippen MR) is 78.5 cm³/mol. The number of hydrogen-bond donors (Lipinski definition) is 0. The number of rotatable bonds is 4. The maximum absolute atomic E-state index is 12.2. The number of esters is 2. The molecule has 0 atom stereocenters. The third-order valence-electron chi connectivity index (χ3n) is 2.90. The monoisotopic (exact) mass is 284 g/mol. The minimum absolute atomic E-state index is 0.195. The van der Waals surface area contributed by atoms with Crippen LogP contribution in [0.15, 0.2) is 48.5 Å². The molecule has 0 amide bonds. The van der Waals surface area contributed by atoms with Crippen LogP contribution >= 0.6 is 0 Å². The lowest BCUT2D eigenvalue weighted by molar-refractivity contribution is -0.131. The minimum Gasteiger partial charge on any atom is -0.426 e. The third-order valence-corrected chi connectivity index (χ3v) is 2.90. The molecule has 2 rings (SSSR count). The van der Waals surface area contributed by atoms with E-state index >= 15 is 0 Å². The molecule has 0 radical (unpaired) electrons. The molecule has 0 unspecified atom stereocenters. The van der Waals surface area contributed by atoms with Gasteiger partial charge in [0, 0.05) is 6.92 Å². The summed E-state index contributed by atoms with van der Waals surface area (Å²) in [7, 11) is 0. The molecular weight excluding hydrogens is 268 g/mol. The summed E-state index contributed by atoms with van der Waals surface area (Å²) in [6.07, 6.45) is 0.920. The van der Waals surface area contributed by atoms with Crippen LogP contribution in [0.3, 0.4) is 0 Å². The van der Waals surface area contributed by atoms with Crippen molar-refractivity contribution in [3.8, 4) is 11.5 Å². The molecular formula is C17H16O4. The van der Waals surface area contributed by atoms with E-state index in [0.717, 1.165) is 12.0 Å². The van der Waals surface area contributed by atoms with Crippen molar-refractivity contribution in [2.24, 2.45) is 0 Å². The van der Waals surface area contributed by atoms with Crippen LogP contribution < -0.4 is 9.47 Å². The lowest BCUT2D eigenvalue weighted by Gasteiger charge is -2.09. The van der Waals surface area contributed by atoms with Crippen LogP contribution in [0, 0.1) is 0 Å². The average Bonchev–Trinajstić information content (AvgIpc) is 2.48. The Morgan fingerprint density at radius 1 is 0.952 bits per heavy atom. The van der Waals surface area contributed by atoms with E-state index in [1.54, 1.807) is 36.4 Å². The number of hydrogen-bond acceptors (Lipinski definition) is 4. The van der Waals surface area contributed by atoms with Crippen LogP contribution in [-0.4, -0.2) is 11.9 Å². The van der Waals surface area contributed by atoms with E-state index in [9.17, 15) is 9.59 Å². The maximum Gasteiger partial charge on any atom is 0.347 e. The molecule has 2 aromatic carbocycles. The third kappa shape index (κ3) is 3.92. The van der Waals surface area contributed by atoms with E-state index in [4.69, 9.17) is 9.47 Å². The topological polar surface area (TPSA) is 52.6 Å². The number of carbonyl (C=O) groups excluding carboxylic acids is 2. The number of para-hydroxylation sites is 1. The van der Waals surface area contributed by atoms with Crippen LogP contribution in [0.5, 0.6) is 11.5 Å². The molecule has 0 aliphatic heterocycles. The number of benzene rings is 2. The standard InChI is InChI=1S/C17H16O4/c1-3-13-8-10-14(11-9-13)21-17(19)15-6-4-5-7-16(15)20-12(2)18/h4-11H,3H2,1-2H3. The van der Waals surface area contributed by atoms with Crippen molar-refractivity contribution >= 4 is 11.9 Å². The Labute approximate surface area is 123 Å². The second-order valence-electron chi connectivity index (χ2n) is 4.48. The first-order valence-corrected chi connectivity index (χ1v) is 6.68. The quantitative estimate of drug-likeness (QED) is 0.638. The summed E-state index contributed by atoms with van der Waals surface area (Å²) in [6.45, 7) is 3.34. The van der Waals surface area contributed by atoms with Gasteiger partial charge < -0.3 is 9.47 Å². The minimum atomic E-state index is -0.559. The highest BCUT2D eigenvalue weighted by Crippen LogP contribution is 2.21. The number of carbonyl (C=O) groups is 2. The summed E-state index contributed by atoms with van der Waals surface area (Å²) >= 11 is 0. The van der Waals surface area contributed by atoms with Gasteiger partial charge in [0.15, 0.2) is 0 Å². The first-order valence-electron chi connectivity index (χ1n) is 6.68. The highest BCUT2D eigenvalue weighted by Gasteiger charge is 2.15. The van der Waals surface area contributed by atoms with E-state index in [1.807, 2.05) is 12.1 Å². The van der Waals surface area contributed by atoms with Gasteiger partial charge in [-0.25, -0.2) is 4.79 Å². The molecule has 0 aliphatic carbocycles. The summed E-state index contributed by atoms with van der Waals surface area (Å²) in [5.41, 5.74) is 1.38. The lowest BCUT2D eigenvalue weighted by atomic mass is 10.1. The molecule has 4 nitrogen and oxygen atoms in total.